The van der Waals surface area contributed by atoms with Crippen LogP contribution < -0.4 is 9.64 Å². The highest BCUT2D eigenvalue weighted by Gasteiger charge is 2.24. The van der Waals surface area contributed by atoms with E-state index in [2.05, 4.69) is 4.90 Å². The molecule has 0 N–H and O–H groups in total. The zero-order valence-electron chi connectivity index (χ0n) is 20.4. The van der Waals surface area contributed by atoms with Gasteiger partial charge in [-0.25, -0.2) is 17.8 Å². The summed E-state index contributed by atoms with van der Waals surface area (Å²) >= 11 is 1.40. The van der Waals surface area contributed by atoms with Crippen molar-refractivity contribution in [2.45, 2.75) is 24.7 Å². The fraction of sp³-hybridized carbons (Fsp3) is 0.440. The van der Waals surface area contributed by atoms with Gasteiger partial charge in [-0.2, -0.15) is 0 Å². The summed E-state index contributed by atoms with van der Waals surface area (Å²) in [7, 11) is -2.16. The van der Waals surface area contributed by atoms with Crippen molar-refractivity contribution in [2.24, 2.45) is 0 Å². The van der Waals surface area contributed by atoms with Crippen LogP contribution in [0.2, 0.25) is 0 Å². The van der Waals surface area contributed by atoms with Crippen LogP contribution in [0.4, 0.5) is 9.52 Å². The van der Waals surface area contributed by atoms with Gasteiger partial charge in [0.05, 0.1) is 35.7 Å². The Bertz CT molecular complexity index is 1310. The quantitative estimate of drug-likeness (QED) is 0.366. The van der Waals surface area contributed by atoms with E-state index in [0.29, 0.717) is 42.6 Å². The number of hydrogen-bond donors (Lipinski definition) is 0. The van der Waals surface area contributed by atoms with Gasteiger partial charge in [0.15, 0.2) is 15.0 Å². The molecule has 1 amide bonds. The molecule has 2 heterocycles. The average molecular weight is 536 g/mol. The molecule has 0 aliphatic carbocycles. The lowest BCUT2D eigenvalue weighted by Gasteiger charge is -2.27. The minimum absolute atomic E-state index is 0.00378. The summed E-state index contributed by atoms with van der Waals surface area (Å²) in [6.07, 6.45) is 0.506. The van der Waals surface area contributed by atoms with Crippen LogP contribution in [0.3, 0.4) is 0 Å². The van der Waals surface area contributed by atoms with Crippen molar-refractivity contribution in [3.05, 3.63) is 47.8 Å². The van der Waals surface area contributed by atoms with Gasteiger partial charge in [-0.15, -0.1) is 0 Å². The van der Waals surface area contributed by atoms with E-state index in [4.69, 9.17) is 14.5 Å². The van der Waals surface area contributed by atoms with Crippen molar-refractivity contribution in [3.63, 3.8) is 0 Å². The summed E-state index contributed by atoms with van der Waals surface area (Å²) in [4.78, 5) is 22.0. The number of hydrogen-bond acceptors (Lipinski definition) is 8. The molecule has 8 nitrogen and oxygen atoms in total. The average Bonchev–Trinajstić information content (AvgIpc) is 3.32. The Kier molecular flexibility index (Phi) is 8.55. The van der Waals surface area contributed by atoms with Gasteiger partial charge in [0, 0.05) is 32.6 Å². The maximum atomic E-state index is 13.4. The maximum Gasteiger partial charge on any atom is 0.229 e. The van der Waals surface area contributed by atoms with Crippen molar-refractivity contribution in [3.8, 4) is 5.75 Å². The minimum atomic E-state index is -3.74. The molecule has 0 radical (unpaired) electrons. The Morgan fingerprint density at radius 2 is 1.92 bits per heavy atom. The highest BCUT2D eigenvalue weighted by Crippen LogP contribution is 2.36. The number of aromatic nitrogens is 1. The van der Waals surface area contributed by atoms with Crippen LogP contribution in [-0.2, 0) is 19.4 Å². The van der Waals surface area contributed by atoms with Crippen molar-refractivity contribution >= 4 is 42.4 Å². The molecule has 3 aromatic rings. The first kappa shape index (κ1) is 26.5. The molecule has 0 saturated carbocycles. The normalized spacial score (nSPS) is 14.8. The lowest BCUT2D eigenvalue weighted by Crippen LogP contribution is -2.39. The number of morpholine rings is 1. The molecule has 1 aliphatic heterocycles. The predicted octanol–water partition coefficient (Wildman–Crippen LogP) is 3.67. The molecule has 36 heavy (non-hydrogen) atoms. The van der Waals surface area contributed by atoms with Gasteiger partial charge < -0.3 is 9.47 Å². The van der Waals surface area contributed by atoms with E-state index in [9.17, 15) is 17.6 Å². The smallest absolute Gasteiger partial charge is 0.229 e. The van der Waals surface area contributed by atoms with Gasteiger partial charge in [-0.1, -0.05) is 17.4 Å². The third-order valence-electron chi connectivity index (χ3n) is 6.16. The van der Waals surface area contributed by atoms with Crippen LogP contribution in [0.5, 0.6) is 5.75 Å². The topological polar surface area (TPSA) is 89.0 Å². The second-order valence-electron chi connectivity index (χ2n) is 8.63. The summed E-state index contributed by atoms with van der Waals surface area (Å²) < 4.78 is 50.5. The second-order valence-corrected chi connectivity index (χ2v) is 11.7. The molecular formula is C25H30FN3O5S2. The number of methoxy groups -OCH3 is 1. The van der Waals surface area contributed by atoms with Crippen LogP contribution in [-0.4, -0.2) is 76.5 Å². The van der Waals surface area contributed by atoms with E-state index in [1.165, 1.54) is 23.5 Å². The number of carbonyl (C=O) groups is 1. The predicted molar refractivity (Wildman–Crippen MR) is 138 cm³/mol. The number of carbonyl (C=O) groups excluding carboxylic acids is 1. The van der Waals surface area contributed by atoms with Gasteiger partial charge in [0.2, 0.25) is 5.91 Å². The van der Waals surface area contributed by atoms with Crippen LogP contribution in [0.1, 0.15) is 18.4 Å². The lowest BCUT2D eigenvalue weighted by molar-refractivity contribution is -0.118. The van der Waals surface area contributed by atoms with E-state index >= 15 is 0 Å². The SMILES string of the molecule is COc1ccc(C)c2sc(N(CCCN3CCOCC3)C(=O)CCS(=O)(=O)c3ccc(F)cc3)nc12. The molecule has 0 unspecified atom stereocenters. The molecule has 0 atom stereocenters. The Hall–Kier alpha value is -2.60. The number of amides is 1. The van der Waals surface area contributed by atoms with E-state index in [1.807, 2.05) is 19.1 Å². The molecule has 1 fully saturated rings. The zero-order valence-corrected chi connectivity index (χ0v) is 22.0. The largest absolute Gasteiger partial charge is 0.494 e. The van der Waals surface area contributed by atoms with Gasteiger partial charge in [-0.3, -0.25) is 14.6 Å². The summed E-state index contributed by atoms with van der Waals surface area (Å²) in [5.41, 5.74) is 1.71. The van der Waals surface area contributed by atoms with Crippen LogP contribution in [0, 0.1) is 12.7 Å². The van der Waals surface area contributed by atoms with Gasteiger partial charge in [0.1, 0.15) is 17.1 Å². The first-order chi connectivity index (χ1) is 17.3. The van der Waals surface area contributed by atoms with Crippen molar-refractivity contribution in [2.75, 3.05) is 57.2 Å². The van der Waals surface area contributed by atoms with Gasteiger partial charge in [-0.05, 0) is 49.2 Å². The number of fused-ring (bicyclic) bond motifs is 1. The monoisotopic (exact) mass is 535 g/mol. The van der Waals surface area contributed by atoms with Crippen molar-refractivity contribution in [1.82, 2.24) is 9.88 Å². The number of sulfone groups is 1. The van der Waals surface area contributed by atoms with Crippen molar-refractivity contribution < 1.29 is 27.1 Å². The summed E-state index contributed by atoms with van der Waals surface area (Å²) in [5.74, 6) is -0.584. The molecule has 2 aromatic carbocycles. The number of thiazole rings is 1. The summed E-state index contributed by atoms with van der Waals surface area (Å²) in [6.45, 7) is 6.27. The third kappa shape index (κ3) is 6.20. The minimum Gasteiger partial charge on any atom is -0.494 e. The first-order valence-electron chi connectivity index (χ1n) is 11.8. The van der Waals surface area contributed by atoms with E-state index < -0.39 is 15.7 Å². The van der Waals surface area contributed by atoms with Gasteiger partial charge in [0.25, 0.3) is 0 Å². The number of benzene rings is 2. The van der Waals surface area contributed by atoms with Crippen LogP contribution in [0.15, 0.2) is 41.3 Å². The van der Waals surface area contributed by atoms with Crippen LogP contribution >= 0.6 is 11.3 Å². The number of halogens is 1. The highest BCUT2D eigenvalue weighted by atomic mass is 32.2. The molecule has 0 bridgehead atoms. The number of anilines is 1. The second kappa shape index (κ2) is 11.6. The standard InChI is InChI=1S/C25H30FN3O5S2/c1-18-4-9-21(33-2)23-24(18)35-25(27-23)29(12-3-11-28-13-15-34-16-14-28)22(30)10-17-36(31,32)20-7-5-19(26)6-8-20/h4-9H,3,10-17H2,1-2H3. The Balaban J connectivity index is 1.54. The van der Waals surface area contributed by atoms with Crippen LogP contribution in [0.25, 0.3) is 10.2 Å². The Morgan fingerprint density at radius 3 is 2.61 bits per heavy atom. The molecule has 1 saturated heterocycles. The highest BCUT2D eigenvalue weighted by molar-refractivity contribution is 7.91. The van der Waals surface area contributed by atoms with E-state index in [0.717, 1.165) is 42.0 Å². The molecule has 4 rings (SSSR count). The zero-order chi connectivity index (χ0) is 25.7. The number of nitrogens with zero attached hydrogens (tertiary/aromatic N) is 3. The number of aryl methyl sites for hydroxylation is 1. The van der Waals surface area contributed by atoms with Gasteiger partial charge >= 0.3 is 0 Å². The molecule has 11 heteroatoms. The molecular weight excluding hydrogens is 505 g/mol. The lowest BCUT2D eigenvalue weighted by atomic mass is 10.2. The summed E-state index contributed by atoms with van der Waals surface area (Å²) in [6, 6.07) is 8.44. The Morgan fingerprint density at radius 1 is 1.19 bits per heavy atom. The first-order valence-corrected chi connectivity index (χ1v) is 14.3. The fourth-order valence-corrected chi connectivity index (χ4v) is 6.42. The Labute approximate surface area is 214 Å². The molecule has 0 spiro atoms. The number of rotatable bonds is 10. The molecule has 194 valence electrons. The van der Waals surface area contributed by atoms with E-state index in [-0.39, 0.29) is 23.0 Å². The molecule has 1 aromatic heterocycles. The maximum absolute atomic E-state index is 13.4. The third-order valence-corrected chi connectivity index (χ3v) is 9.11. The van der Waals surface area contributed by atoms with E-state index in [1.54, 1.807) is 12.0 Å². The number of ether oxygens (including phenoxy) is 2. The molecule has 1 aliphatic rings. The van der Waals surface area contributed by atoms with Crippen molar-refractivity contribution in [1.29, 1.82) is 0 Å². The fourth-order valence-electron chi connectivity index (χ4n) is 4.10. The summed E-state index contributed by atoms with van der Waals surface area (Å²) in [5, 5.41) is 0.517.